The largest absolute Gasteiger partial charge is 0.494 e. The molecule has 19 heavy (non-hydrogen) atoms. The summed E-state index contributed by atoms with van der Waals surface area (Å²) in [5, 5.41) is 2.58. The number of nitrogens with one attached hydrogen (secondary N) is 1. The summed E-state index contributed by atoms with van der Waals surface area (Å²) in [6.07, 6.45) is 1.29. The van der Waals surface area contributed by atoms with Crippen LogP contribution in [0.1, 0.15) is 19.8 Å². The summed E-state index contributed by atoms with van der Waals surface area (Å²) < 4.78 is 5.50. The van der Waals surface area contributed by atoms with Gasteiger partial charge in [0.2, 0.25) is 11.8 Å². The van der Waals surface area contributed by atoms with Crippen molar-refractivity contribution in [2.24, 2.45) is 0 Å². The van der Waals surface area contributed by atoms with Gasteiger partial charge in [0.15, 0.2) is 0 Å². The van der Waals surface area contributed by atoms with Crippen LogP contribution in [0.5, 0.6) is 5.75 Å². The fourth-order valence-corrected chi connectivity index (χ4v) is 1.91. The highest BCUT2D eigenvalue weighted by molar-refractivity contribution is 5.98. The zero-order valence-electron chi connectivity index (χ0n) is 11.0. The van der Waals surface area contributed by atoms with E-state index in [2.05, 4.69) is 5.32 Å². The molecule has 1 aromatic carbocycles. The second kappa shape index (κ2) is 6.22. The number of rotatable bonds is 4. The summed E-state index contributed by atoms with van der Waals surface area (Å²) in [7, 11) is 0. The van der Waals surface area contributed by atoms with Gasteiger partial charge in [0.1, 0.15) is 5.75 Å². The van der Waals surface area contributed by atoms with Crippen LogP contribution in [-0.2, 0) is 9.59 Å². The third-order valence-electron chi connectivity index (χ3n) is 2.92. The van der Waals surface area contributed by atoms with E-state index in [-0.39, 0.29) is 18.4 Å². The van der Waals surface area contributed by atoms with Crippen LogP contribution in [0.25, 0.3) is 0 Å². The van der Waals surface area contributed by atoms with E-state index < -0.39 is 0 Å². The average molecular weight is 262 g/mol. The number of amides is 2. The predicted molar refractivity (Wildman–Crippen MR) is 72.2 cm³/mol. The van der Waals surface area contributed by atoms with Crippen LogP contribution < -0.4 is 15.0 Å². The lowest BCUT2D eigenvalue weighted by Gasteiger charge is -2.20. The summed E-state index contributed by atoms with van der Waals surface area (Å²) >= 11 is 0. The smallest absolute Gasteiger partial charge is 0.246 e. The van der Waals surface area contributed by atoms with E-state index in [4.69, 9.17) is 4.74 Å². The number of anilines is 1. The first-order valence-electron chi connectivity index (χ1n) is 6.50. The summed E-state index contributed by atoms with van der Waals surface area (Å²) in [6, 6.07) is 7.38. The molecule has 0 aromatic heterocycles. The van der Waals surface area contributed by atoms with Gasteiger partial charge in [0.25, 0.3) is 0 Å². The average Bonchev–Trinajstić information content (AvgIpc) is 2.60. The molecule has 0 aliphatic carbocycles. The van der Waals surface area contributed by atoms with E-state index in [0.29, 0.717) is 19.6 Å². The molecule has 0 spiro atoms. The molecule has 5 nitrogen and oxygen atoms in total. The van der Waals surface area contributed by atoms with Crippen molar-refractivity contribution in [3.8, 4) is 5.75 Å². The molecular formula is C14H18N2O3. The van der Waals surface area contributed by atoms with Crippen molar-refractivity contribution in [1.82, 2.24) is 5.32 Å². The summed E-state index contributed by atoms with van der Waals surface area (Å²) in [4.78, 5) is 24.8. The molecule has 5 heteroatoms. The third-order valence-corrected chi connectivity index (χ3v) is 2.92. The maximum Gasteiger partial charge on any atom is 0.246 e. The first-order valence-corrected chi connectivity index (χ1v) is 6.50. The fourth-order valence-electron chi connectivity index (χ4n) is 1.91. The summed E-state index contributed by atoms with van der Waals surface area (Å²) in [5.41, 5.74) is 0.797. The quantitative estimate of drug-likeness (QED) is 0.890. The number of hydrogen-bond acceptors (Lipinski definition) is 3. The van der Waals surface area contributed by atoms with Crippen molar-refractivity contribution in [1.29, 1.82) is 0 Å². The molecule has 1 N–H and O–H groups in total. The minimum atomic E-state index is -0.0897. The third kappa shape index (κ3) is 3.47. The molecule has 1 aliphatic rings. The zero-order chi connectivity index (χ0) is 13.7. The maximum atomic E-state index is 11.9. The highest BCUT2D eigenvalue weighted by Crippen LogP contribution is 2.20. The van der Waals surface area contributed by atoms with Gasteiger partial charge in [-0.05, 0) is 30.7 Å². The Hall–Kier alpha value is -2.04. The van der Waals surface area contributed by atoms with E-state index >= 15 is 0 Å². The summed E-state index contributed by atoms with van der Waals surface area (Å²) in [6.45, 7) is 3.21. The van der Waals surface area contributed by atoms with Crippen LogP contribution in [0.15, 0.2) is 24.3 Å². The van der Waals surface area contributed by atoms with Crippen molar-refractivity contribution < 1.29 is 14.3 Å². The molecule has 0 radical (unpaired) electrons. The number of carbonyl (C=O) groups excluding carboxylic acids is 2. The number of ether oxygens (including phenoxy) is 1. The Kier molecular flexibility index (Phi) is 4.39. The van der Waals surface area contributed by atoms with Gasteiger partial charge in [-0.1, -0.05) is 6.92 Å². The van der Waals surface area contributed by atoms with Crippen LogP contribution >= 0.6 is 0 Å². The van der Waals surface area contributed by atoms with E-state index in [1.165, 1.54) is 0 Å². The molecule has 0 atom stereocenters. The molecule has 1 aromatic rings. The molecule has 1 heterocycles. The van der Waals surface area contributed by atoms with Crippen molar-refractivity contribution in [2.75, 3.05) is 24.6 Å². The van der Waals surface area contributed by atoms with E-state index in [1.807, 2.05) is 31.2 Å². The van der Waals surface area contributed by atoms with E-state index in [9.17, 15) is 9.59 Å². The normalized spacial score (nSPS) is 15.9. The lowest BCUT2D eigenvalue weighted by atomic mass is 10.2. The number of nitrogens with zero attached hydrogens (tertiary/aromatic N) is 1. The van der Waals surface area contributed by atoms with Crippen molar-refractivity contribution >= 4 is 17.5 Å². The van der Waals surface area contributed by atoms with Crippen LogP contribution in [0.4, 0.5) is 5.69 Å². The van der Waals surface area contributed by atoms with Crippen LogP contribution in [0.2, 0.25) is 0 Å². The topological polar surface area (TPSA) is 58.6 Å². The molecule has 1 fully saturated rings. The fraction of sp³-hybridized carbons (Fsp3) is 0.429. The Balaban J connectivity index is 2.07. The molecule has 0 unspecified atom stereocenters. The Bertz CT molecular complexity index is 456. The van der Waals surface area contributed by atoms with Gasteiger partial charge < -0.3 is 15.0 Å². The van der Waals surface area contributed by atoms with Crippen molar-refractivity contribution in [3.63, 3.8) is 0 Å². The Morgan fingerprint density at radius 1 is 1.26 bits per heavy atom. The van der Waals surface area contributed by atoms with E-state index in [0.717, 1.165) is 17.9 Å². The molecular weight excluding hydrogens is 244 g/mol. The van der Waals surface area contributed by atoms with Gasteiger partial charge in [-0.15, -0.1) is 0 Å². The number of carbonyl (C=O) groups is 2. The van der Waals surface area contributed by atoms with Crippen LogP contribution in [-0.4, -0.2) is 31.5 Å². The molecule has 102 valence electrons. The Morgan fingerprint density at radius 3 is 2.68 bits per heavy atom. The minimum absolute atomic E-state index is 0.0624. The molecule has 2 amide bonds. The van der Waals surface area contributed by atoms with E-state index in [1.54, 1.807) is 4.90 Å². The van der Waals surface area contributed by atoms with Gasteiger partial charge in [-0.2, -0.15) is 0 Å². The number of hydrogen-bond donors (Lipinski definition) is 1. The van der Waals surface area contributed by atoms with Gasteiger partial charge in [-0.25, -0.2) is 0 Å². The Morgan fingerprint density at radius 2 is 2.00 bits per heavy atom. The standard InChI is InChI=1S/C14H18N2O3/c1-2-9-19-12-5-3-11(4-6-12)16-8-7-13(17)15-10-14(16)18/h3-6H,2,7-10H2,1H3,(H,15,17). The van der Waals surface area contributed by atoms with Gasteiger partial charge >= 0.3 is 0 Å². The SMILES string of the molecule is CCCOc1ccc(N2CCC(=O)NCC2=O)cc1. The van der Waals surface area contributed by atoms with Gasteiger partial charge in [0.05, 0.1) is 13.2 Å². The maximum absolute atomic E-state index is 11.9. The highest BCUT2D eigenvalue weighted by Gasteiger charge is 2.21. The second-order valence-electron chi connectivity index (χ2n) is 4.41. The van der Waals surface area contributed by atoms with Gasteiger partial charge in [-0.3, -0.25) is 9.59 Å². The Labute approximate surface area is 112 Å². The monoisotopic (exact) mass is 262 g/mol. The molecule has 1 aliphatic heterocycles. The zero-order valence-corrected chi connectivity index (χ0v) is 11.0. The highest BCUT2D eigenvalue weighted by atomic mass is 16.5. The number of benzene rings is 1. The molecule has 1 saturated heterocycles. The van der Waals surface area contributed by atoms with Crippen LogP contribution in [0, 0.1) is 0 Å². The molecule has 0 bridgehead atoms. The molecule has 0 saturated carbocycles. The first-order chi connectivity index (χ1) is 9.20. The van der Waals surface area contributed by atoms with Crippen LogP contribution in [0.3, 0.4) is 0 Å². The molecule has 2 rings (SSSR count). The second-order valence-corrected chi connectivity index (χ2v) is 4.41. The lowest BCUT2D eigenvalue weighted by Crippen LogP contribution is -2.35. The van der Waals surface area contributed by atoms with Crippen molar-refractivity contribution in [3.05, 3.63) is 24.3 Å². The van der Waals surface area contributed by atoms with Crippen molar-refractivity contribution in [2.45, 2.75) is 19.8 Å². The first kappa shape index (κ1) is 13.4. The lowest BCUT2D eigenvalue weighted by molar-refractivity contribution is -0.123. The van der Waals surface area contributed by atoms with Gasteiger partial charge in [0, 0.05) is 18.7 Å². The minimum Gasteiger partial charge on any atom is -0.494 e. The predicted octanol–water partition coefficient (Wildman–Crippen LogP) is 1.33. The summed E-state index contributed by atoms with van der Waals surface area (Å²) in [5.74, 6) is 0.619.